The van der Waals surface area contributed by atoms with Crippen molar-refractivity contribution in [3.8, 4) is 0 Å². The van der Waals surface area contributed by atoms with Gasteiger partial charge < -0.3 is 10.5 Å². The Labute approximate surface area is 131 Å². The van der Waals surface area contributed by atoms with Gasteiger partial charge in [0.15, 0.2) is 0 Å². The molecule has 1 aromatic carbocycles. The van der Waals surface area contributed by atoms with Crippen LogP contribution in [0, 0.1) is 11.7 Å². The third-order valence-corrected chi connectivity index (χ3v) is 4.36. The molecule has 0 amide bonds. The Bertz CT molecular complexity index is 505. The maximum absolute atomic E-state index is 13.7. The van der Waals surface area contributed by atoms with Crippen LogP contribution in [0.5, 0.6) is 0 Å². The number of nitrogens with two attached hydrogens (primary N) is 1. The summed E-state index contributed by atoms with van der Waals surface area (Å²) >= 11 is 4.90. The van der Waals surface area contributed by atoms with Crippen molar-refractivity contribution in [1.29, 1.82) is 0 Å². The number of methoxy groups -OCH3 is 1. The molecule has 1 aliphatic rings. The van der Waals surface area contributed by atoms with Gasteiger partial charge in [0.05, 0.1) is 6.61 Å². The summed E-state index contributed by atoms with van der Waals surface area (Å²) in [5.74, 6) is 0.419. The van der Waals surface area contributed by atoms with Crippen LogP contribution in [-0.2, 0) is 11.3 Å². The molecule has 0 spiro atoms. The summed E-state index contributed by atoms with van der Waals surface area (Å²) in [5, 5.41) is 0. The first kappa shape index (κ1) is 16.3. The normalized spacial score (nSPS) is 16.2. The molecule has 116 valence electrons. The predicted molar refractivity (Wildman–Crippen MR) is 86.8 cm³/mol. The molecule has 0 aliphatic heterocycles. The molecule has 0 heterocycles. The lowest BCUT2D eigenvalue weighted by Gasteiger charge is -2.29. The highest BCUT2D eigenvalue weighted by Gasteiger charge is 2.31. The van der Waals surface area contributed by atoms with Gasteiger partial charge in [0, 0.05) is 31.8 Å². The summed E-state index contributed by atoms with van der Waals surface area (Å²) in [4.78, 5) is 2.49. The van der Waals surface area contributed by atoms with E-state index in [0.717, 1.165) is 24.6 Å². The smallest absolute Gasteiger partial charge is 0.133 e. The van der Waals surface area contributed by atoms with Gasteiger partial charge in [0.25, 0.3) is 0 Å². The van der Waals surface area contributed by atoms with E-state index in [9.17, 15) is 4.39 Å². The first-order valence-corrected chi connectivity index (χ1v) is 7.75. The molecule has 1 unspecified atom stereocenters. The third-order valence-electron chi connectivity index (χ3n) is 4.14. The number of halogens is 1. The molecule has 1 fully saturated rings. The molecule has 0 bridgehead atoms. The number of hydrogen-bond donors (Lipinski definition) is 1. The standard InChI is InChI=1S/C16H23FN2OS/c1-11(13-4-5-13)19(7-8-20-2)10-12-3-6-15(17)14(9-12)16(18)21/h3,6,9,11,13H,4-5,7-8,10H2,1-2H3,(H2,18,21). The van der Waals surface area contributed by atoms with E-state index >= 15 is 0 Å². The second-order valence-corrected chi connectivity index (χ2v) is 6.16. The lowest BCUT2D eigenvalue weighted by Crippen LogP contribution is -2.36. The van der Waals surface area contributed by atoms with Gasteiger partial charge in [-0.15, -0.1) is 0 Å². The quantitative estimate of drug-likeness (QED) is 0.749. The molecule has 0 radical (unpaired) electrons. The second-order valence-electron chi connectivity index (χ2n) is 5.72. The Hall–Kier alpha value is -1.04. The molecule has 0 saturated heterocycles. The minimum Gasteiger partial charge on any atom is -0.389 e. The van der Waals surface area contributed by atoms with Crippen molar-refractivity contribution in [2.75, 3.05) is 20.3 Å². The van der Waals surface area contributed by atoms with Crippen molar-refractivity contribution in [1.82, 2.24) is 4.90 Å². The maximum atomic E-state index is 13.7. The van der Waals surface area contributed by atoms with Crippen molar-refractivity contribution in [3.63, 3.8) is 0 Å². The highest BCUT2D eigenvalue weighted by Crippen LogP contribution is 2.35. The van der Waals surface area contributed by atoms with E-state index in [1.54, 1.807) is 19.2 Å². The minimum atomic E-state index is -0.357. The van der Waals surface area contributed by atoms with Crippen LogP contribution >= 0.6 is 12.2 Å². The zero-order valence-electron chi connectivity index (χ0n) is 12.6. The van der Waals surface area contributed by atoms with Crippen LogP contribution in [0.2, 0.25) is 0 Å². The summed E-state index contributed by atoms with van der Waals surface area (Å²) < 4.78 is 18.9. The number of thiocarbonyl (C=S) groups is 1. The van der Waals surface area contributed by atoms with Gasteiger partial charge in [-0.1, -0.05) is 18.3 Å². The Morgan fingerprint density at radius 3 is 2.81 bits per heavy atom. The molecular formula is C16H23FN2OS. The van der Waals surface area contributed by atoms with Crippen LogP contribution in [0.25, 0.3) is 0 Å². The van der Waals surface area contributed by atoms with Crippen molar-refractivity contribution in [3.05, 3.63) is 35.1 Å². The van der Waals surface area contributed by atoms with Gasteiger partial charge in [-0.25, -0.2) is 4.39 Å². The van der Waals surface area contributed by atoms with Crippen molar-refractivity contribution in [2.24, 2.45) is 11.7 Å². The number of nitrogens with zero attached hydrogens (tertiary/aromatic N) is 1. The first-order valence-electron chi connectivity index (χ1n) is 7.34. The Balaban J connectivity index is 2.11. The molecule has 1 saturated carbocycles. The number of benzene rings is 1. The van der Waals surface area contributed by atoms with Gasteiger partial charge in [-0.3, -0.25) is 4.90 Å². The van der Waals surface area contributed by atoms with E-state index in [-0.39, 0.29) is 10.8 Å². The van der Waals surface area contributed by atoms with E-state index in [2.05, 4.69) is 11.8 Å². The minimum absolute atomic E-state index is 0.105. The van der Waals surface area contributed by atoms with Gasteiger partial charge >= 0.3 is 0 Å². The zero-order valence-corrected chi connectivity index (χ0v) is 13.5. The van der Waals surface area contributed by atoms with Gasteiger partial charge in [0.1, 0.15) is 10.8 Å². The fourth-order valence-electron chi connectivity index (χ4n) is 2.61. The monoisotopic (exact) mass is 310 g/mol. The van der Waals surface area contributed by atoms with E-state index in [1.807, 2.05) is 0 Å². The van der Waals surface area contributed by atoms with Crippen molar-refractivity contribution >= 4 is 17.2 Å². The number of ether oxygens (including phenoxy) is 1. The fraction of sp³-hybridized carbons (Fsp3) is 0.562. The third kappa shape index (κ3) is 4.46. The predicted octanol–water partition coefficient (Wildman–Crippen LogP) is 2.71. The lowest BCUT2D eigenvalue weighted by molar-refractivity contribution is 0.111. The summed E-state index contributed by atoms with van der Waals surface area (Å²) in [7, 11) is 1.71. The van der Waals surface area contributed by atoms with Crippen LogP contribution in [0.3, 0.4) is 0 Å². The molecule has 1 atom stereocenters. The summed E-state index contributed by atoms with van der Waals surface area (Å²) in [6.07, 6.45) is 2.60. The molecule has 2 rings (SSSR count). The highest BCUT2D eigenvalue weighted by molar-refractivity contribution is 7.80. The SMILES string of the molecule is COCCN(Cc1ccc(F)c(C(N)=S)c1)C(C)C1CC1. The Morgan fingerprint density at radius 1 is 1.52 bits per heavy atom. The maximum Gasteiger partial charge on any atom is 0.133 e. The molecule has 3 nitrogen and oxygen atoms in total. The summed E-state index contributed by atoms with van der Waals surface area (Å²) in [6.45, 7) is 4.58. The Morgan fingerprint density at radius 2 is 2.24 bits per heavy atom. The largest absolute Gasteiger partial charge is 0.389 e. The average Bonchev–Trinajstić information content (AvgIpc) is 3.28. The van der Waals surface area contributed by atoms with Gasteiger partial charge in [-0.05, 0) is 43.4 Å². The van der Waals surface area contributed by atoms with E-state index in [4.69, 9.17) is 22.7 Å². The van der Waals surface area contributed by atoms with Crippen LogP contribution in [0.1, 0.15) is 30.9 Å². The fourth-order valence-corrected chi connectivity index (χ4v) is 2.76. The molecule has 21 heavy (non-hydrogen) atoms. The Kier molecular flexibility index (Phi) is 5.67. The number of rotatable bonds is 8. The summed E-state index contributed by atoms with van der Waals surface area (Å²) in [6, 6.07) is 5.52. The highest BCUT2D eigenvalue weighted by atomic mass is 32.1. The van der Waals surface area contributed by atoms with Crippen molar-refractivity contribution < 1.29 is 9.13 Å². The van der Waals surface area contributed by atoms with E-state index in [1.165, 1.54) is 18.9 Å². The molecular weight excluding hydrogens is 287 g/mol. The van der Waals surface area contributed by atoms with Gasteiger partial charge in [-0.2, -0.15) is 0 Å². The molecule has 2 N–H and O–H groups in total. The van der Waals surface area contributed by atoms with Gasteiger partial charge in [0.2, 0.25) is 0 Å². The molecule has 1 aromatic rings. The molecule has 1 aliphatic carbocycles. The molecule has 0 aromatic heterocycles. The summed E-state index contributed by atoms with van der Waals surface area (Å²) in [5.41, 5.74) is 6.93. The van der Waals surface area contributed by atoms with E-state index in [0.29, 0.717) is 18.2 Å². The lowest BCUT2D eigenvalue weighted by atomic mass is 10.1. The molecule has 5 heteroatoms. The van der Waals surface area contributed by atoms with Crippen LogP contribution in [0.4, 0.5) is 4.39 Å². The first-order chi connectivity index (χ1) is 10.0. The van der Waals surface area contributed by atoms with Crippen LogP contribution in [-0.4, -0.2) is 36.2 Å². The zero-order chi connectivity index (χ0) is 15.4. The number of hydrogen-bond acceptors (Lipinski definition) is 3. The second kappa shape index (κ2) is 7.29. The topological polar surface area (TPSA) is 38.5 Å². The van der Waals surface area contributed by atoms with Crippen LogP contribution in [0.15, 0.2) is 18.2 Å². The average molecular weight is 310 g/mol. The van der Waals surface area contributed by atoms with Crippen molar-refractivity contribution in [2.45, 2.75) is 32.4 Å². The van der Waals surface area contributed by atoms with E-state index < -0.39 is 0 Å². The van der Waals surface area contributed by atoms with Crippen LogP contribution < -0.4 is 5.73 Å².